The number of sulfonamides is 1. The van der Waals surface area contributed by atoms with E-state index in [0.717, 1.165) is 21.7 Å². The molecule has 1 N–H and O–H groups in total. The molecule has 0 saturated carbocycles. The predicted molar refractivity (Wildman–Crippen MR) is 138 cm³/mol. The Morgan fingerprint density at radius 2 is 1.62 bits per heavy atom. The van der Waals surface area contributed by atoms with Crippen molar-refractivity contribution in [2.75, 3.05) is 17.1 Å². The van der Waals surface area contributed by atoms with Crippen LogP contribution in [0.1, 0.15) is 38.8 Å². The van der Waals surface area contributed by atoms with Crippen molar-refractivity contribution in [2.45, 2.75) is 52.7 Å². The van der Waals surface area contributed by atoms with Crippen molar-refractivity contribution in [1.29, 1.82) is 0 Å². The first-order chi connectivity index (χ1) is 15.6. The molecule has 1 atom stereocenters. The highest BCUT2D eigenvalue weighted by Gasteiger charge is 2.31. The summed E-state index contributed by atoms with van der Waals surface area (Å²) in [7, 11) is -3.87. The molecule has 0 aliphatic carbocycles. The number of nitrogens with zero attached hydrogens (tertiary/aromatic N) is 2. The van der Waals surface area contributed by atoms with Gasteiger partial charge in [0, 0.05) is 22.1 Å². The lowest BCUT2D eigenvalue weighted by atomic mass is 10.1. The van der Waals surface area contributed by atoms with Gasteiger partial charge in [-0.1, -0.05) is 47.5 Å². The molecule has 0 bridgehead atoms. The van der Waals surface area contributed by atoms with Crippen molar-refractivity contribution in [1.82, 2.24) is 10.2 Å². The van der Waals surface area contributed by atoms with E-state index in [1.54, 1.807) is 6.92 Å². The number of hydrogen-bond donors (Lipinski definition) is 1. The highest BCUT2D eigenvalue weighted by atomic mass is 35.5. The lowest BCUT2D eigenvalue weighted by molar-refractivity contribution is -0.140. The molecule has 0 spiro atoms. The molecular formula is C24H31Cl2N3O4S. The predicted octanol–water partition coefficient (Wildman–Crippen LogP) is 4.40. The van der Waals surface area contributed by atoms with Gasteiger partial charge in [0.05, 0.1) is 11.9 Å². The Balaban J connectivity index is 2.45. The second-order valence-electron chi connectivity index (χ2n) is 9.26. The molecule has 0 saturated heterocycles. The van der Waals surface area contributed by atoms with Gasteiger partial charge in [-0.05, 0) is 63.9 Å². The van der Waals surface area contributed by atoms with E-state index in [-0.39, 0.29) is 28.2 Å². The fraction of sp³-hybridized carbons (Fsp3) is 0.417. The molecule has 2 aromatic carbocycles. The Labute approximate surface area is 212 Å². The zero-order valence-electron chi connectivity index (χ0n) is 20.2. The van der Waals surface area contributed by atoms with E-state index in [2.05, 4.69) is 5.32 Å². The maximum absolute atomic E-state index is 13.5. The molecule has 1 unspecified atom stereocenters. The van der Waals surface area contributed by atoms with E-state index in [1.165, 1.54) is 23.1 Å². The number of nitrogens with one attached hydrogen (secondary N) is 1. The van der Waals surface area contributed by atoms with Crippen LogP contribution in [0.2, 0.25) is 10.0 Å². The summed E-state index contributed by atoms with van der Waals surface area (Å²) in [5.41, 5.74) is 1.46. The third-order valence-electron chi connectivity index (χ3n) is 5.08. The smallest absolute Gasteiger partial charge is 0.244 e. The Bertz CT molecular complexity index is 1140. The summed E-state index contributed by atoms with van der Waals surface area (Å²) < 4.78 is 26.1. The van der Waals surface area contributed by atoms with Gasteiger partial charge in [0.1, 0.15) is 12.6 Å². The molecule has 2 amide bonds. The summed E-state index contributed by atoms with van der Waals surface area (Å²) >= 11 is 12.1. The van der Waals surface area contributed by atoms with E-state index in [4.69, 9.17) is 23.2 Å². The highest BCUT2D eigenvalue weighted by Crippen LogP contribution is 2.27. The molecule has 34 heavy (non-hydrogen) atoms. The van der Waals surface area contributed by atoms with E-state index in [1.807, 2.05) is 52.0 Å². The van der Waals surface area contributed by atoms with Gasteiger partial charge in [0.15, 0.2) is 0 Å². The fourth-order valence-corrected chi connectivity index (χ4v) is 4.67. The quantitative estimate of drug-likeness (QED) is 0.551. The van der Waals surface area contributed by atoms with Crippen LogP contribution in [0.15, 0.2) is 42.5 Å². The fourth-order valence-electron chi connectivity index (χ4n) is 3.32. The Hall–Kier alpha value is -2.29. The van der Waals surface area contributed by atoms with Gasteiger partial charge < -0.3 is 10.2 Å². The number of halogens is 2. The lowest BCUT2D eigenvalue weighted by Gasteiger charge is -2.33. The first-order valence-electron chi connectivity index (χ1n) is 10.7. The topological polar surface area (TPSA) is 86.8 Å². The van der Waals surface area contributed by atoms with Crippen LogP contribution in [0.25, 0.3) is 0 Å². The third kappa shape index (κ3) is 7.89. The average molecular weight is 529 g/mol. The number of aryl methyl sites for hydroxylation is 1. The molecule has 0 radical (unpaired) electrons. The number of carbonyl (C=O) groups is 2. The van der Waals surface area contributed by atoms with Gasteiger partial charge in [0.2, 0.25) is 21.8 Å². The Kier molecular flexibility index (Phi) is 9.02. The number of hydrogen-bond acceptors (Lipinski definition) is 4. The van der Waals surface area contributed by atoms with Gasteiger partial charge in [-0.3, -0.25) is 13.9 Å². The number of amides is 2. The van der Waals surface area contributed by atoms with Crippen LogP contribution in [0.5, 0.6) is 0 Å². The second-order valence-corrected chi connectivity index (χ2v) is 12.0. The zero-order valence-corrected chi connectivity index (χ0v) is 22.6. The molecule has 7 nitrogen and oxygen atoms in total. The van der Waals surface area contributed by atoms with E-state index >= 15 is 0 Å². The minimum atomic E-state index is -3.87. The zero-order chi connectivity index (χ0) is 25.8. The average Bonchev–Trinajstić information content (AvgIpc) is 2.67. The summed E-state index contributed by atoms with van der Waals surface area (Å²) in [6.07, 6.45) is 0.997. The number of carbonyl (C=O) groups excluding carboxylic acids is 2. The SMILES string of the molecule is Cc1ccccc1CN(C(=O)CN(c1cc(Cl)cc(Cl)c1)S(C)(=O)=O)C(C)C(=O)NC(C)(C)C. The highest BCUT2D eigenvalue weighted by molar-refractivity contribution is 7.92. The molecule has 2 rings (SSSR count). The van der Waals surface area contributed by atoms with Crippen molar-refractivity contribution in [2.24, 2.45) is 0 Å². The monoisotopic (exact) mass is 527 g/mol. The Morgan fingerprint density at radius 3 is 2.12 bits per heavy atom. The number of benzene rings is 2. The van der Waals surface area contributed by atoms with Crippen LogP contribution < -0.4 is 9.62 Å². The minimum Gasteiger partial charge on any atom is -0.350 e. The standard InChI is InChI=1S/C24H31Cl2N3O4S/c1-16-9-7-8-10-18(16)14-28(17(2)23(31)27-24(3,4)5)22(30)15-29(34(6,32)33)21-12-19(25)11-20(26)13-21/h7-13,17H,14-15H2,1-6H3,(H,27,31). The van der Waals surface area contributed by atoms with Crippen LogP contribution in [0.3, 0.4) is 0 Å². The second kappa shape index (κ2) is 11.0. The van der Waals surface area contributed by atoms with Crippen molar-refractivity contribution < 1.29 is 18.0 Å². The van der Waals surface area contributed by atoms with Gasteiger partial charge in [-0.25, -0.2) is 8.42 Å². The number of rotatable bonds is 8. The summed E-state index contributed by atoms with van der Waals surface area (Å²) in [5, 5.41) is 3.35. The minimum absolute atomic E-state index is 0.137. The summed E-state index contributed by atoms with van der Waals surface area (Å²) in [6, 6.07) is 11.0. The molecule has 0 fully saturated rings. The molecule has 0 heterocycles. The molecular weight excluding hydrogens is 497 g/mol. The van der Waals surface area contributed by atoms with Crippen LogP contribution in [-0.2, 0) is 26.2 Å². The molecule has 186 valence electrons. The van der Waals surface area contributed by atoms with Crippen molar-refractivity contribution in [3.63, 3.8) is 0 Å². The lowest BCUT2D eigenvalue weighted by Crippen LogP contribution is -2.54. The third-order valence-corrected chi connectivity index (χ3v) is 6.66. The summed E-state index contributed by atoms with van der Waals surface area (Å²) in [4.78, 5) is 27.9. The first-order valence-corrected chi connectivity index (χ1v) is 13.3. The van der Waals surface area contributed by atoms with Gasteiger partial charge >= 0.3 is 0 Å². The maximum Gasteiger partial charge on any atom is 0.244 e. The van der Waals surface area contributed by atoms with Crippen LogP contribution in [0.4, 0.5) is 5.69 Å². The van der Waals surface area contributed by atoms with Crippen LogP contribution >= 0.6 is 23.2 Å². The number of anilines is 1. The van der Waals surface area contributed by atoms with E-state index in [0.29, 0.717) is 0 Å². The van der Waals surface area contributed by atoms with Gasteiger partial charge in [-0.15, -0.1) is 0 Å². The van der Waals surface area contributed by atoms with Crippen molar-refractivity contribution in [3.8, 4) is 0 Å². The molecule has 10 heteroatoms. The normalized spacial score (nSPS) is 12.7. The molecule has 0 aliphatic heterocycles. The largest absolute Gasteiger partial charge is 0.350 e. The summed E-state index contributed by atoms with van der Waals surface area (Å²) in [6.45, 7) is 8.69. The van der Waals surface area contributed by atoms with Crippen molar-refractivity contribution in [3.05, 3.63) is 63.6 Å². The van der Waals surface area contributed by atoms with Crippen LogP contribution in [-0.4, -0.2) is 49.5 Å². The molecule has 0 aliphatic rings. The Morgan fingerprint density at radius 1 is 1.06 bits per heavy atom. The molecule has 0 aromatic heterocycles. The van der Waals surface area contributed by atoms with E-state index in [9.17, 15) is 18.0 Å². The van der Waals surface area contributed by atoms with Gasteiger partial charge in [0.25, 0.3) is 0 Å². The maximum atomic E-state index is 13.5. The van der Waals surface area contributed by atoms with E-state index < -0.39 is 34.1 Å². The molecule has 2 aromatic rings. The van der Waals surface area contributed by atoms with Gasteiger partial charge in [-0.2, -0.15) is 0 Å². The van der Waals surface area contributed by atoms with Crippen LogP contribution in [0, 0.1) is 6.92 Å². The first kappa shape index (κ1) is 28.0. The summed E-state index contributed by atoms with van der Waals surface area (Å²) in [5.74, 6) is -0.882. The van der Waals surface area contributed by atoms with Crippen molar-refractivity contribution >= 4 is 50.7 Å².